The molecule has 0 saturated heterocycles. The number of amides is 2. The van der Waals surface area contributed by atoms with Crippen LogP contribution in [0.5, 0.6) is 5.75 Å². The zero-order valence-corrected chi connectivity index (χ0v) is 24.8. The van der Waals surface area contributed by atoms with Gasteiger partial charge in [0.2, 0.25) is 11.8 Å². The fourth-order valence-corrected chi connectivity index (χ4v) is 5.68. The molecule has 1 N–H and O–H groups in total. The molecule has 214 valence electrons. The molecule has 0 aliphatic heterocycles. The molecule has 1 atom stereocenters. The number of anilines is 1. The Balaban J connectivity index is 2.02. The zero-order valence-electron chi connectivity index (χ0n) is 23.3. The number of nitrogens with zero attached hydrogens (tertiary/aromatic N) is 2. The number of rotatable bonds is 13. The minimum atomic E-state index is -4.14. The monoisotopic (exact) mass is 585 g/mol. The summed E-state index contributed by atoms with van der Waals surface area (Å²) in [6, 6.07) is 19.1. The summed E-state index contributed by atoms with van der Waals surface area (Å²) in [5.74, 6) is -0.288. The first kappa shape index (κ1) is 31.0. The van der Waals surface area contributed by atoms with Crippen LogP contribution in [0.4, 0.5) is 5.69 Å². The smallest absolute Gasteiger partial charge is 0.264 e. The van der Waals surface area contributed by atoms with Gasteiger partial charge in [0.15, 0.2) is 0 Å². The first-order valence-electron chi connectivity index (χ1n) is 13.2. The normalized spacial score (nSPS) is 11.9. The van der Waals surface area contributed by atoms with Crippen LogP contribution in [0.15, 0.2) is 77.7 Å². The van der Waals surface area contributed by atoms with Crippen molar-refractivity contribution >= 4 is 39.1 Å². The van der Waals surface area contributed by atoms with Gasteiger partial charge in [0.1, 0.15) is 18.3 Å². The molecule has 0 radical (unpaired) electrons. The molecule has 3 aromatic carbocycles. The molecule has 2 amide bonds. The number of hydrogen-bond donors (Lipinski definition) is 1. The highest BCUT2D eigenvalue weighted by Crippen LogP contribution is 2.27. The van der Waals surface area contributed by atoms with Gasteiger partial charge in [-0.15, -0.1) is 0 Å². The average Bonchev–Trinajstić information content (AvgIpc) is 2.93. The van der Waals surface area contributed by atoms with E-state index >= 15 is 0 Å². The summed E-state index contributed by atoms with van der Waals surface area (Å²) in [6.07, 6.45) is 0.737. The number of halogens is 1. The quantitative estimate of drug-likeness (QED) is 0.298. The van der Waals surface area contributed by atoms with Crippen molar-refractivity contribution in [1.82, 2.24) is 10.2 Å². The van der Waals surface area contributed by atoms with Crippen molar-refractivity contribution in [3.05, 3.63) is 88.9 Å². The van der Waals surface area contributed by atoms with Gasteiger partial charge in [-0.3, -0.25) is 13.9 Å². The van der Waals surface area contributed by atoms with Crippen molar-refractivity contribution in [2.45, 2.75) is 51.6 Å². The summed E-state index contributed by atoms with van der Waals surface area (Å²) >= 11 is 6.18. The lowest BCUT2D eigenvalue weighted by atomic mass is 10.1. The van der Waals surface area contributed by atoms with E-state index in [1.165, 1.54) is 17.0 Å². The van der Waals surface area contributed by atoms with Crippen molar-refractivity contribution in [3.8, 4) is 5.75 Å². The number of ether oxygens (including phenoxy) is 1. The molecule has 0 heterocycles. The Hall–Kier alpha value is -3.56. The van der Waals surface area contributed by atoms with Crippen molar-refractivity contribution in [1.29, 1.82) is 0 Å². The van der Waals surface area contributed by atoms with Gasteiger partial charge < -0.3 is 15.0 Å². The first-order chi connectivity index (χ1) is 19.1. The van der Waals surface area contributed by atoms with Gasteiger partial charge in [-0.05, 0) is 81.3 Å². The fourth-order valence-electron chi connectivity index (χ4n) is 4.05. The fraction of sp³-hybridized carbons (Fsp3) is 0.333. The van der Waals surface area contributed by atoms with Crippen LogP contribution in [0.1, 0.15) is 38.3 Å². The van der Waals surface area contributed by atoms with Crippen LogP contribution in [0.25, 0.3) is 0 Å². The summed E-state index contributed by atoms with van der Waals surface area (Å²) in [7, 11) is -4.14. The number of sulfonamides is 1. The van der Waals surface area contributed by atoms with Gasteiger partial charge in [0.25, 0.3) is 10.0 Å². The van der Waals surface area contributed by atoms with E-state index < -0.39 is 28.5 Å². The lowest BCUT2D eigenvalue weighted by Crippen LogP contribution is -2.51. The minimum absolute atomic E-state index is 0.0508. The number of aryl methyl sites for hydroxylation is 1. The van der Waals surface area contributed by atoms with E-state index in [1.54, 1.807) is 67.6 Å². The highest BCUT2D eigenvalue weighted by molar-refractivity contribution is 7.92. The third kappa shape index (κ3) is 7.99. The van der Waals surface area contributed by atoms with Crippen LogP contribution in [0.3, 0.4) is 0 Å². The maximum atomic E-state index is 13.9. The molecule has 40 heavy (non-hydrogen) atoms. The molecule has 10 heteroatoms. The molecule has 0 saturated carbocycles. The number of nitrogens with one attached hydrogen (secondary N) is 1. The number of carbonyl (C=O) groups excluding carboxylic acids is 2. The third-order valence-corrected chi connectivity index (χ3v) is 8.31. The Morgan fingerprint density at radius 2 is 1.68 bits per heavy atom. The molecule has 0 spiro atoms. The molecule has 3 aromatic rings. The number of carbonyl (C=O) groups is 2. The van der Waals surface area contributed by atoms with Crippen molar-refractivity contribution in [2.24, 2.45) is 0 Å². The predicted molar refractivity (Wildman–Crippen MR) is 158 cm³/mol. The largest absolute Gasteiger partial charge is 0.494 e. The van der Waals surface area contributed by atoms with Crippen LogP contribution < -0.4 is 14.4 Å². The van der Waals surface area contributed by atoms with E-state index in [2.05, 4.69) is 5.32 Å². The Morgan fingerprint density at radius 3 is 2.27 bits per heavy atom. The molecule has 0 aliphatic carbocycles. The van der Waals surface area contributed by atoms with Crippen LogP contribution >= 0.6 is 11.6 Å². The van der Waals surface area contributed by atoms with E-state index in [0.29, 0.717) is 35.2 Å². The molecule has 0 unspecified atom stereocenters. The highest BCUT2D eigenvalue weighted by Gasteiger charge is 2.32. The standard InChI is InChI=1S/C30H36ClN3O5S/c1-5-18-32-30(36)23(4)33(20-24-8-7-9-25(31)19-24)29(35)21-34(26-12-14-27(15-13-26)39-6-2)40(37,38)28-16-10-22(3)11-17-28/h7-17,19,23H,5-6,18,20-21H2,1-4H3,(H,32,36)/t23-/m0/s1. The van der Waals surface area contributed by atoms with Gasteiger partial charge in [0, 0.05) is 18.1 Å². The third-order valence-electron chi connectivity index (χ3n) is 6.28. The molecular formula is C30H36ClN3O5S. The highest BCUT2D eigenvalue weighted by atomic mass is 35.5. The molecule has 8 nitrogen and oxygen atoms in total. The van der Waals surface area contributed by atoms with Gasteiger partial charge in [0.05, 0.1) is 17.2 Å². The first-order valence-corrected chi connectivity index (χ1v) is 15.0. The Labute approximate surface area is 241 Å². The second kappa shape index (κ2) is 14.2. The summed E-state index contributed by atoms with van der Waals surface area (Å²) in [5.41, 5.74) is 1.91. The van der Waals surface area contributed by atoms with Gasteiger partial charge in [-0.2, -0.15) is 0 Å². The number of benzene rings is 3. The van der Waals surface area contributed by atoms with E-state index in [0.717, 1.165) is 16.3 Å². The summed E-state index contributed by atoms with van der Waals surface area (Å²) in [4.78, 5) is 28.3. The topological polar surface area (TPSA) is 96.0 Å². The SMILES string of the molecule is CCCNC(=O)[C@H](C)N(Cc1cccc(Cl)c1)C(=O)CN(c1ccc(OCC)cc1)S(=O)(=O)c1ccc(C)cc1. The van der Waals surface area contributed by atoms with Crippen LogP contribution in [-0.4, -0.2) is 50.9 Å². The maximum Gasteiger partial charge on any atom is 0.264 e. The lowest BCUT2D eigenvalue weighted by Gasteiger charge is -2.32. The van der Waals surface area contributed by atoms with Gasteiger partial charge in [-0.1, -0.05) is 48.4 Å². The zero-order chi connectivity index (χ0) is 29.3. The van der Waals surface area contributed by atoms with Crippen molar-refractivity contribution < 1.29 is 22.7 Å². The maximum absolute atomic E-state index is 13.9. The molecule has 0 aliphatic rings. The van der Waals surface area contributed by atoms with Crippen LogP contribution in [-0.2, 0) is 26.2 Å². The summed E-state index contributed by atoms with van der Waals surface area (Å²) in [5, 5.41) is 3.32. The van der Waals surface area contributed by atoms with Gasteiger partial charge in [-0.25, -0.2) is 8.42 Å². The molecule has 0 fully saturated rings. The van der Waals surface area contributed by atoms with E-state index in [4.69, 9.17) is 16.3 Å². The van der Waals surface area contributed by atoms with E-state index in [-0.39, 0.29) is 17.3 Å². The Kier molecular flexibility index (Phi) is 11.0. The van der Waals surface area contributed by atoms with Gasteiger partial charge >= 0.3 is 0 Å². The summed E-state index contributed by atoms with van der Waals surface area (Å²) in [6.45, 7) is 7.75. The lowest BCUT2D eigenvalue weighted by molar-refractivity contribution is -0.139. The summed E-state index contributed by atoms with van der Waals surface area (Å²) < 4.78 is 34.4. The molecular weight excluding hydrogens is 550 g/mol. The van der Waals surface area contributed by atoms with E-state index in [1.807, 2.05) is 20.8 Å². The van der Waals surface area contributed by atoms with Crippen molar-refractivity contribution in [3.63, 3.8) is 0 Å². The average molecular weight is 586 g/mol. The minimum Gasteiger partial charge on any atom is -0.494 e. The Morgan fingerprint density at radius 1 is 1.00 bits per heavy atom. The molecule has 0 bridgehead atoms. The van der Waals surface area contributed by atoms with Crippen LogP contribution in [0, 0.1) is 6.92 Å². The Bertz CT molecular complexity index is 1400. The molecule has 3 rings (SSSR count). The van der Waals surface area contributed by atoms with Crippen LogP contribution in [0.2, 0.25) is 5.02 Å². The van der Waals surface area contributed by atoms with Crippen molar-refractivity contribution in [2.75, 3.05) is 24.0 Å². The predicted octanol–water partition coefficient (Wildman–Crippen LogP) is 5.19. The molecule has 0 aromatic heterocycles. The number of hydrogen-bond acceptors (Lipinski definition) is 5. The van der Waals surface area contributed by atoms with E-state index in [9.17, 15) is 18.0 Å². The second-order valence-corrected chi connectivity index (χ2v) is 11.7. The second-order valence-electron chi connectivity index (χ2n) is 9.37.